The van der Waals surface area contributed by atoms with Crippen molar-refractivity contribution < 1.29 is 27.9 Å². The van der Waals surface area contributed by atoms with Gasteiger partial charge in [0.25, 0.3) is 0 Å². The van der Waals surface area contributed by atoms with Crippen LogP contribution >= 0.6 is 0 Å². The Labute approximate surface area is 103 Å². The maximum absolute atomic E-state index is 12.3. The molecule has 0 heterocycles. The largest absolute Gasteiger partial charge is 0.481 e. The van der Waals surface area contributed by atoms with E-state index in [0.717, 1.165) is 4.90 Å². The van der Waals surface area contributed by atoms with Crippen LogP contribution in [0.15, 0.2) is 0 Å². The lowest BCUT2D eigenvalue weighted by Gasteiger charge is -2.23. The Morgan fingerprint density at radius 2 is 1.94 bits per heavy atom. The van der Waals surface area contributed by atoms with E-state index in [0.29, 0.717) is 12.8 Å². The Morgan fingerprint density at radius 3 is 2.33 bits per heavy atom. The number of aliphatic carboxylic acids is 1. The van der Waals surface area contributed by atoms with Gasteiger partial charge in [-0.3, -0.25) is 9.59 Å². The van der Waals surface area contributed by atoms with Crippen LogP contribution in [-0.4, -0.2) is 41.1 Å². The third-order valence-electron chi connectivity index (χ3n) is 2.89. The molecule has 0 saturated heterocycles. The normalized spacial score (nSPS) is 22.7. The minimum absolute atomic E-state index is 0.0255. The quantitative estimate of drug-likeness (QED) is 0.799. The van der Waals surface area contributed by atoms with Crippen LogP contribution in [0.2, 0.25) is 0 Å². The topological polar surface area (TPSA) is 57.6 Å². The number of hydrogen-bond donors (Lipinski definition) is 1. The summed E-state index contributed by atoms with van der Waals surface area (Å²) in [5, 5.41) is 8.67. The molecule has 1 aliphatic rings. The second-order valence-electron chi connectivity index (χ2n) is 4.52. The molecule has 0 bridgehead atoms. The first-order valence-corrected chi connectivity index (χ1v) is 5.84. The third kappa shape index (κ3) is 4.19. The summed E-state index contributed by atoms with van der Waals surface area (Å²) in [4.78, 5) is 23.1. The van der Waals surface area contributed by atoms with Crippen molar-refractivity contribution >= 4 is 11.9 Å². The summed E-state index contributed by atoms with van der Waals surface area (Å²) in [6.07, 6.45) is -3.15. The highest BCUT2D eigenvalue weighted by molar-refractivity contribution is 5.89. The molecule has 1 saturated carbocycles. The molecule has 18 heavy (non-hydrogen) atoms. The summed E-state index contributed by atoms with van der Waals surface area (Å²) < 4.78 is 37.0. The number of carboxylic acids is 1. The molecule has 1 fully saturated rings. The van der Waals surface area contributed by atoms with Gasteiger partial charge in [0, 0.05) is 6.54 Å². The lowest BCUT2D eigenvalue weighted by atomic mass is 10.2. The second kappa shape index (κ2) is 5.58. The van der Waals surface area contributed by atoms with E-state index in [1.807, 2.05) is 6.92 Å². The first kappa shape index (κ1) is 14.8. The third-order valence-corrected chi connectivity index (χ3v) is 2.89. The molecule has 2 atom stereocenters. The number of carbonyl (C=O) groups is 2. The first-order valence-electron chi connectivity index (χ1n) is 5.84. The molecule has 1 rings (SSSR count). The van der Waals surface area contributed by atoms with Crippen LogP contribution < -0.4 is 0 Å². The van der Waals surface area contributed by atoms with Crippen molar-refractivity contribution in [2.75, 3.05) is 13.1 Å². The summed E-state index contributed by atoms with van der Waals surface area (Å²) in [7, 11) is 0. The summed E-state index contributed by atoms with van der Waals surface area (Å²) in [5.74, 6) is -3.39. The minimum Gasteiger partial charge on any atom is -0.481 e. The Bertz CT molecular complexity index is 330. The average Bonchev–Trinajstić information content (AvgIpc) is 3.01. The monoisotopic (exact) mass is 267 g/mol. The zero-order chi connectivity index (χ0) is 13.9. The molecule has 104 valence electrons. The zero-order valence-electron chi connectivity index (χ0n) is 10.0. The van der Waals surface area contributed by atoms with Crippen LogP contribution in [0, 0.1) is 11.8 Å². The second-order valence-corrected chi connectivity index (χ2v) is 4.52. The Hall–Kier alpha value is -1.27. The molecule has 0 aromatic carbocycles. The number of alkyl halides is 3. The molecule has 0 spiro atoms. The summed E-state index contributed by atoms with van der Waals surface area (Å²) in [6.45, 7) is 0.541. The highest BCUT2D eigenvalue weighted by atomic mass is 19.4. The van der Waals surface area contributed by atoms with E-state index in [2.05, 4.69) is 0 Å². The molecule has 4 nitrogen and oxygen atoms in total. The number of amides is 1. The zero-order valence-corrected chi connectivity index (χ0v) is 10.0. The Balaban J connectivity index is 2.60. The van der Waals surface area contributed by atoms with Crippen LogP contribution in [0.4, 0.5) is 13.2 Å². The van der Waals surface area contributed by atoms with E-state index in [4.69, 9.17) is 5.11 Å². The average molecular weight is 267 g/mol. The van der Waals surface area contributed by atoms with Gasteiger partial charge >= 0.3 is 12.1 Å². The Morgan fingerprint density at radius 1 is 1.33 bits per heavy atom. The fourth-order valence-electron chi connectivity index (χ4n) is 1.81. The van der Waals surface area contributed by atoms with Gasteiger partial charge in [0.15, 0.2) is 0 Å². The van der Waals surface area contributed by atoms with Gasteiger partial charge in [0.2, 0.25) is 5.91 Å². The maximum Gasteiger partial charge on any atom is 0.406 e. The molecular weight excluding hydrogens is 251 g/mol. The molecule has 2 unspecified atom stereocenters. The number of nitrogens with zero attached hydrogens (tertiary/aromatic N) is 1. The molecule has 0 radical (unpaired) electrons. The van der Waals surface area contributed by atoms with Gasteiger partial charge in [0.1, 0.15) is 6.54 Å². The molecular formula is C11H16F3NO3. The standard InChI is InChI=1S/C11H16F3NO3/c1-2-3-4-15(6-11(12,13)14)9(16)7-5-8(7)10(17)18/h7-8H,2-6H2,1H3,(H,17,18). The summed E-state index contributed by atoms with van der Waals surface area (Å²) in [5.41, 5.74) is 0. The van der Waals surface area contributed by atoms with Crippen molar-refractivity contribution in [3.8, 4) is 0 Å². The van der Waals surface area contributed by atoms with E-state index in [-0.39, 0.29) is 13.0 Å². The number of hydrogen-bond acceptors (Lipinski definition) is 2. The Kier molecular flexibility index (Phi) is 4.59. The van der Waals surface area contributed by atoms with Gasteiger partial charge in [0.05, 0.1) is 11.8 Å². The van der Waals surface area contributed by atoms with Gasteiger partial charge in [-0.2, -0.15) is 13.2 Å². The van der Waals surface area contributed by atoms with E-state index in [1.54, 1.807) is 0 Å². The number of carbonyl (C=O) groups excluding carboxylic acids is 1. The van der Waals surface area contributed by atoms with Crippen LogP contribution in [0.1, 0.15) is 26.2 Å². The summed E-state index contributed by atoms with van der Waals surface area (Å²) in [6, 6.07) is 0. The molecule has 1 amide bonds. The molecule has 0 aliphatic heterocycles. The lowest BCUT2D eigenvalue weighted by Crippen LogP contribution is -2.40. The van der Waals surface area contributed by atoms with Gasteiger partial charge in [-0.15, -0.1) is 0 Å². The van der Waals surface area contributed by atoms with Crippen LogP contribution in [0.3, 0.4) is 0 Å². The molecule has 7 heteroatoms. The van der Waals surface area contributed by atoms with E-state index < -0.39 is 36.4 Å². The fraction of sp³-hybridized carbons (Fsp3) is 0.818. The van der Waals surface area contributed by atoms with Crippen molar-refractivity contribution in [3.63, 3.8) is 0 Å². The van der Waals surface area contributed by atoms with Crippen molar-refractivity contribution in [2.24, 2.45) is 11.8 Å². The highest BCUT2D eigenvalue weighted by Gasteiger charge is 2.50. The number of rotatable bonds is 6. The number of carboxylic acid groups (broad SMARTS) is 1. The van der Waals surface area contributed by atoms with Crippen LogP contribution in [0.5, 0.6) is 0 Å². The van der Waals surface area contributed by atoms with Gasteiger partial charge in [-0.05, 0) is 12.8 Å². The maximum atomic E-state index is 12.3. The van der Waals surface area contributed by atoms with Gasteiger partial charge < -0.3 is 10.0 Å². The molecule has 1 aliphatic carbocycles. The van der Waals surface area contributed by atoms with Crippen molar-refractivity contribution in [1.29, 1.82) is 0 Å². The predicted molar refractivity (Wildman–Crippen MR) is 56.8 cm³/mol. The highest BCUT2D eigenvalue weighted by Crippen LogP contribution is 2.40. The first-order chi connectivity index (χ1) is 8.26. The van der Waals surface area contributed by atoms with E-state index >= 15 is 0 Å². The van der Waals surface area contributed by atoms with Crippen molar-refractivity contribution in [3.05, 3.63) is 0 Å². The number of halogens is 3. The fourth-order valence-corrected chi connectivity index (χ4v) is 1.81. The predicted octanol–water partition coefficient (Wildman–Crippen LogP) is 1.90. The van der Waals surface area contributed by atoms with Gasteiger partial charge in [-0.25, -0.2) is 0 Å². The molecule has 1 N–H and O–H groups in total. The SMILES string of the molecule is CCCCN(CC(F)(F)F)C(=O)C1CC1C(=O)O. The van der Waals surface area contributed by atoms with Gasteiger partial charge in [-0.1, -0.05) is 13.3 Å². The van der Waals surface area contributed by atoms with Crippen molar-refractivity contribution in [2.45, 2.75) is 32.4 Å². The van der Waals surface area contributed by atoms with Crippen molar-refractivity contribution in [1.82, 2.24) is 4.90 Å². The molecule has 0 aromatic heterocycles. The molecule has 0 aromatic rings. The summed E-state index contributed by atoms with van der Waals surface area (Å²) >= 11 is 0. The van der Waals surface area contributed by atoms with Crippen LogP contribution in [0.25, 0.3) is 0 Å². The number of unbranched alkanes of at least 4 members (excludes halogenated alkanes) is 1. The van der Waals surface area contributed by atoms with E-state index in [9.17, 15) is 22.8 Å². The minimum atomic E-state index is -4.45. The van der Waals surface area contributed by atoms with Crippen LogP contribution in [-0.2, 0) is 9.59 Å². The van der Waals surface area contributed by atoms with E-state index in [1.165, 1.54) is 0 Å². The smallest absolute Gasteiger partial charge is 0.406 e. The lowest BCUT2D eigenvalue weighted by molar-refractivity contribution is -0.162.